The third-order valence-electron chi connectivity index (χ3n) is 1.82. The van der Waals surface area contributed by atoms with Gasteiger partial charge in [0.1, 0.15) is 4.99 Å². The molecule has 0 aliphatic rings. The van der Waals surface area contributed by atoms with Crippen LogP contribution in [0.4, 0.5) is 0 Å². The van der Waals surface area contributed by atoms with E-state index in [9.17, 15) is 0 Å². The Morgan fingerprint density at radius 1 is 1.67 bits per heavy atom. The van der Waals surface area contributed by atoms with Gasteiger partial charge in [0.25, 0.3) is 0 Å². The summed E-state index contributed by atoms with van der Waals surface area (Å²) in [6, 6.07) is 1.89. The van der Waals surface area contributed by atoms with Crippen LogP contribution in [0.2, 0.25) is 0 Å². The maximum atomic E-state index is 5.60. The summed E-state index contributed by atoms with van der Waals surface area (Å²) in [7, 11) is 0. The van der Waals surface area contributed by atoms with Gasteiger partial charge in [-0.1, -0.05) is 25.6 Å². The molecule has 0 unspecified atom stereocenters. The van der Waals surface area contributed by atoms with E-state index in [0.717, 1.165) is 16.4 Å². The van der Waals surface area contributed by atoms with Gasteiger partial charge < -0.3 is 10.5 Å². The Morgan fingerprint density at radius 3 is 3.00 bits per heavy atom. The predicted molar refractivity (Wildman–Crippen MR) is 73.2 cm³/mol. The molecule has 0 radical (unpaired) electrons. The van der Waals surface area contributed by atoms with Crippen molar-refractivity contribution in [2.75, 3.05) is 6.61 Å². The first-order chi connectivity index (χ1) is 7.15. The fraction of sp³-hybridized carbons (Fsp3) is 0.400. The molecule has 5 heteroatoms. The zero-order valence-electron chi connectivity index (χ0n) is 8.50. The van der Waals surface area contributed by atoms with Crippen LogP contribution in [-0.4, -0.2) is 16.6 Å². The molecular weight excluding hydrogens is 323 g/mol. The summed E-state index contributed by atoms with van der Waals surface area (Å²) in [5.41, 5.74) is 6.31. The van der Waals surface area contributed by atoms with Crippen molar-refractivity contribution in [1.82, 2.24) is 4.98 Å². The third kappa shape index (κ3) is 3.90. The smallest absolute Gasteiger partial charge is 0.223 e. The molecule has 2 N–H and O–H groups in total. The van der Waals surface area contributed by atoms with Gasteiger partial charge in [-0.05, 0) is 35.1 Å². The molecule has 82 valence electrons. The maximum Gasteiger partial charge on any atom is 0.223 e. The van der Waals surface area contributed by atoms with Crippen molar-refractivity contribution >= 4 is 39.8 Å². The van der Waals surface area contributed by atoms with Crippen molar-refractivity contribution < 1.29 is 4.74 Å². The van der Waals surface area contributed by atoms with E-state index >= 15 is 0 Å². The van der Waals surface area contributed by atoms with Gasteiger partial charge in [0.15, 0.2) is 0 Å². The Morgan fingerprint density at radius 2 is 2.40 bits per heavy atom. The van der Waals surface area contributed by atoms with Crippen molar-refractivity contribution in [3.8, 4) is 5.88 Å². The quantitative estimate of drug-likeness (QED) is 0.510. The molecular formula is C10H13IN2OS. The van der Waals surface area contributed by atoms with E-state index in [1.54, 1.807) is 6.20 Å². The highest BCUT2D eigenvalue weighted by Gasteiger charge is 2.08. The number of ether oxygens (including phenoxy) is 1. The Balaban J connectivity index is 2.81. The topological polar surface area (TPSA) is 48.1 Å². The van der Waals surface area contributed by atoms with Gasteiger partial charge in [-0.25, -0.2) is 4.98 Å². The van der Waals surface area contributed by atoms with Crippen molar-refractivity contribution in [2.45, 2.75) is 19.8 Å². The van der Waals surface area contributed by atoms with Gasteiger partial charge in [0.05, 0.1) is 12.2 Å². The highest BCUT2D eigenvalue weighted by atomic mass is 127. The van der Waals surface area contributed by atoms with E-state index in [2.05, 4.69) is 34.5 Å². The number of nitrogens with two attached hydrogens (primary N) is 1. The minimum absolute atomic E-state index is 0.326. The zero-order valence-corrected chi connectivity index (χ0v) is 11.5. The lowest BCUT2D eigenvalue weighted by Gasteiger charge is -2.09. The van der Waals surface area contributed by atoms with Crippen LogP contribution in [-0.2, 0) is 0 Å². The molecule has 0 spiro atoms. The van der Waals surface area contributed by atoms with Crippen molar-refractivity contribution in [3.63, 3.8) is 0 Å². The van der Waals surface area contributed by atoms with Crippen molar-refractivity contribution in [3.05, 3.63) is 21.4 Å². The second-order valence-electron chi connectivity index (χ2n) is 3.07. The lowest BCUT2D eigenvalue weighted by atomic mass is 10.3. The average Bonchev–Trinajstić information content (AvgIpc) is 2.20. The Kier molecular flexibility index (Phi) is 5.24. The lowest BCUT2D eigenvalue weighted by molar-refractivity contribution is 0.297. The Labute approximate surface area is 109 Å². The fourth-order valence-corrected chi connectivity index (χ4v) is 1.63. The molecule has 1 aromatic rings. The summed E-state index contributed by atoms with van der Waals surface area (Å²) in [4.78, 5) is 4.50. The van der Waals surface area contributed by atoms with Crippen LogP contribution in [0.3, 0.4) is 0 Å². The maximum absolute atomic E-state index is 5.60. The van der Waals surface area contributed by atoms with E-state index in [-0.39, 0.29) is 0 Å². The molecule has 1 rings (SSSR count). The number of aromatic nitrogens is 1. The van der Waals surface area contributed by atoms with Crippen molar-refractivity contribution in [2.24, 2.45) is 5.73 Å². The Bertz CT molecular complexity index is 357. The van der Waals surface area contributed by atoms with Crippen LogP contribution in [0.5, 0.6) is 5.88 Å². The predicted octanol–water partition coefficient (Wildman–Crippen LogP) is 2.50. The number of thiocarbonyl (C=S) groups is 1. The summed E-state index contributed by atoms with van der Waals surface area (Å²) in [6.07, 6.45) is 3.83. The lowest BCUT2D eigenvalue weighted by Crippen LogP contribution is -2.13. The highest BCUT2D eigenvalue weighted by Crippen LogP contribution is 2.18. The molecule has 0 bridgehead atoms. The first-order valence-corrected chi connectivity index (χ1v) is 6.22. The molecule has 1 aromatic heterocycles. The van der Waals surface area contributed by atoms with E-state index in [1.165, 1.54) is 0 Å². The molecule has 15 heavy (non-hydrogen) atoms. The fourth-order valence-electron chi connectivity index (χ4n) is 1.03. The van der Waals surface area contributed by atoms with Crippen LogP contribution in [0.25, 0.3) is 0 Å². The summed E-state index contributed by atoms with van der Waals surface area (Å²) in [5, 5.41) is 0. The molecule has 0 amide bonds. The SMILES string of the molecule is CCCCOc1ncc(I)cc1C(N)=S. The molecule has 0 fully saturated rings. The first kappa shape index (κ1) is 12.6. The van der Waals surface area contributed by atoms with E-state index in [0.29, 0.717) is 23.0 Å². The molecule has 1 heterocycles. The minimum atomic E-state index is 0.326. The number of hydrogen-bond acceptors (Lipinski definition) is 3. The largest absolute Gasteiger partial charge is 0.477 e. The number of hydrogen-bond donors (Lipinski definition) is 1. The van der Waals surface area contributed by atoms with Gasteiger partial charge in [0.2, 0.25) is 5.88 Å². The second kappa shape index (κ2) is 6.22. The normalized spacial score (nSPS) is 10.0. The van der Waals surface area contributed by atoms with E-state index in [1.807, 2.05) is 6.07 Å². The van der Waals surface area contributed by atoms with E-state index < -0.39 is 0 Å². The average molecular weight is 336 g/mol. The highest BCUT2D eigenvalue weighted by molar-refractivity contribution is 14.1. The summed E-state index contributed by atoms with van der Waals surface area (Å²) in [5.74, 6) is 0.538. The molecule has 0 aliphatic carbocycles. The van der Waals surface area contributed by atoms with Crippen LogP contribution in [0, 0.1) is 3.57 Å². The van der Waals surface area contributed by atoms with Crippen LogP contribution >= 0.6 is 34.8 Å². The third-order valence-corrected chi connectivity index (χ3v) is 2.63. The first-order valence-electron chi connectivity index (χ1n) is 4.73. The zero-order chi connectivity index (χ0) is 11.3. The van der Waals surface area contributed by atoms with Crippen LogP contribution in [0.1, 0.15) is 25.3 Å². The standard InChI is InChI=1S/C10H13IN2OS/c1-2-3-4-14-10-8(9(12)15)5-7(11)6-13-10/h5-6H,2-4H2,1H3,(H2,12,15). The molecule has 0 aromatic carbocycles. The Hall–Kier alpha value is -0.430. The number of unbranched alkanes of at least 4 members (excludes halogenated alkanes) is 1. The minimum Gasteiger partial charge on any atom is -0.477 e. The summed E-state index contributed by atoms with van der Waals surface area (Å²) >= 11 is 7.11. The summed E-state index contributed by atoms with van der Waals surface area (Å²) in [6.45, 7) is 2.76. The molecule has 3 nitrogen and oxygen atoms in total. The van der Waals surface area contributed by atoms with Gasteiger partial charge in [-0.2, -0.15) is 0 Å². The number of pyridine rings is 1. The molecule has 0 saturated carbocycles. The summed E-state index contributed by atoms with van der Waals surface area (Å²) < 4.78 is 6.51. The number of halogens is 1. The van der Waals surface area contributed by atoms with Gasteiger partial charge in [0, 0.05) is 9.77 Å². The number of rotatable bonds is 5. The van der Waals surface area contributed by atoms with Gasteiger partial charge >= 0.3 is 0 Å². The molecule has 0 saturated heterocycles. The van der Waals surface area contributed by atoms with Gasteiger partial charge in [-0.3, -0.25) is 0 Å². The van der Waals surface area contributed by atoms with Crippen LogP contribution < -0.4 is 10.5 Å². The monoisotopic (exact) mass is 336 g/mol. The second-order valence-corrected chi connectivity index (χ2v) is 4.76. The molecule has 0 atom stereocenters. The number of nitrogens with zero attached hydrogens (tertiary/aromatic N) is 1. The van der Waals surface area contributed by atoms with Crippen molar-refractivity contribution in [1.29, 1.82) is 0 Å². The van der Waals surface area contributed by atoms with Crippen LogP contribution in [0.15, 0.2) is 12.3 Å². The van der Waals surface area contributed by atoms with E-state index in [4.69, 9.17) is 22.7 Å². The molecule has 0 aliphatic heterocycles. The van der Waals surface area contributed by atoms with Gasteiger partial charge in [-0.15, -0.1) is 0 Å².